The highest BCUT2D eigenvalue weighted by Crippen LogP contribution is 2.29. The zero-order valence-corrected chi connectivity index (χ0v) is 8.95. The maximum atomic E-state index is 13.6. The van der Waals surface area contributed by atoms with E-state index in [4.69, 9.17) is 5.11 Å². The van der Waals surface area contributed by atoms with E-state index in [1.807, 2.05) is 0 Å². The second-order valence-electron chi connectivity index (χ2n) is 3.59. The predicted molar refractivity (Wildman–Crippen MR) is 58.7 cm³/mol. The van der Waals surface area contributed by atoms with E-state index in [1.54, 1.807) is 0 Å². The van der Waals surface area contributed by atoms with Gasteiger partial charge in [-0.25, -0.2) is 18.0 Å². The van der Waals surface area contributed by atoms with E-state index in [1.165, 1.54) is 0 Å². The van der Waals surface area contributed by atoms with Gasteiger partial charge in [0.25, 0.3) is 0 Å². The minimum absolute atomic E-state index is 0.195. The van der Waals surface area contributed by atoms with Gasteiger partial charge in [-0.15, -0.1) is 0 Å². The summed E-state index contributed by atoms with van der Waals surface area (Å²) in [5.41, 5.74) is -1.16. The van der Waals surface area contributed by atoms with Gasteiger partial charge in [0.1, 0.15) is 17.5 Å². The molecule has 0 aliphatic rings. The molecule has 2 aromatic carbocycles. The molecule has 0 bridgehead atoms. The summed E-state index contributed by atoms with van der Waals surface area (Å²) >= 11 is 0. The maximum absolute atomic E-state index is 13.6. The van der Waals surface area contributed by atoms with Crippen molar-refractivity contribution in [1.82, 2.24) is 0 Å². The Morgan fingerprint density at radius 1 is 1.00 bits per heavy atom. The van der Waals surface area contributed by atoms with Crippen molar-refractivity contribution in [3.8, 4) is 11.1 Å². The molecule has 0 atom stereocenters. The molecule has 2 rings (SSSR count). The highest BCUT2D eigenvalue weighted by atomic mass is 19.1. The summed E-state index contributed by atoms with van der Waals surface area (Å²) in [7, 11) is 0. The van der Waals surface area contributed by atoms with Crippen LogP contribution in [0, 0.1) is 17.5 Å². The van der Waals surface area contributed by atoms with Gasteiger partial charge in [0.05, 0.1) is 11.1 Å². The molecule has 18 heavy (non-hydrogen) atoms. The van der Waals surface area contributed by atoms with Crippen LogP contribution in [0.3, 0.4) is 0 Å². The Morgan fingerprint density at radius 2 is 1.61 bits per heavy atom. The van der Waals surface area contributed by atoms with Crippen LogP contribution in [0.4, 0.5) is 13.2 Å². The van der Waals surface area contributed by atoms with Gasteiger partial charge in [-0.2, -0.15) is 0 Å². The van der Waals surface area contributed by atoms with Crippen LogP contribution in [0.5, 0.6) is 0 Å². The van der Waals surface area contributed by atoms with E-state index >= 15 is 0 Å². The third kappa shape index (κ3) is 2.07. The van der Waals surface area contributed by atoms with Crippen molar-refractivity contribution in [2.75, 3.05) is 0 Å². The number of rotatable bonds is 2. The first-order chi connectivity index (χ1) is 8.50. The highest BCUT2D eigenvalue weighted by molar-refractivity contribution is 5.96. The zero-order valence-electron chi connectivity index (χ0n) is 8.95. The molecule has 0 aromatic heterocycles. The molecule has 92 valence electrons. The minimum Gasteiger partial charge on any atom is -0.478 e. The number of carboxylic acid groups (broad SMARTS) is 1. The van der Waals surface area contributed by atoms with E-state index in [0.29, 0.717) is 0 Å². The fourth-order valence-electron chi connectivity index (χ4n) is 1.67. The first kappa shape index (κ1) is 12.2. The first-order valence-electron chi connectivity index (χ1n) is 4.98. The molecule has 0 aliphatic heterocycles. The van der Waals surface area contributed by atoms with Crippen LogP contribution in [-0.2, 0) is 0 Å². The van der Waals surface area contributed by atoms with E-state index in [2.05, 4.69) is 0 Å². The van der Waals surface area contributed by atoms with Gasteiger partial charge < -0.3 is 5.11 Å². The van der Waals surface area contributed by atoms with Gasteiger partial charge in [-0.1, -0.05) is 12.1 Å². The molecule has 0 amide bonds. The summed E-state index contributed by atoms with van der Waals surface area (Å²) in [5.74, 6) is -4.03. The minimum atomic E-state index is -1.45. The monoisotopic (exact) mass is 252 g/mol. The molecule has 1 N–H and O–H groups in total. The van der Waals surface area contributed by atoms with Crippen LogP contribution < -0.4 is 0 Å². The largest absolute Gasteiger partial charge is 0.478 e. The number of carbonyl (C=O) groups is 1. The van der Waals surface area contributed by atoms with Crippen molar-refractivity contribution < 1.29 is 23.1 Å². The summed E-state index contributed by atoms with van der Waals surface area (Å²) < 4.78 is 40.1. The molecular weight excluding hydrogens is 245 g/mol. The van der Waals surface area contributed by atoms with Crippen LogP contribution in [0.15, 0.2) is 36.4 Å². The van der Waals surface area contributed by atoms with Gasteiger partial charge in [0.2, 0.25) is 0 Å². The number of halogens is 3. The SMILES string of the molecule is O=C(O)c1cc(F)ccc1-c1c(F)cccc1F. The van der Waals surface area contributed by atoms with E-state index < -0.39 is 34.5 Å². The van der Waals surface area contributed by atoms with Crippen molar-refractivity contribution in [3.05, 3.63) is 59.4 Å². The van der Waals surface area contributed by atoms with E-state index in [-0.39, 0.29) is 5.56 Å². The number of carboxylic acids is 1. The molecule has 0 unspecified atom stereocenters. The Hall–Kier alpha value is -2.30. The Kier molecular flexibility index (Phi) is 3.06. The van der Waals surface area contributed by atoms with Crippen molar-refractivity contribution in [3.63, 3.8) is 0 Å². The highest BCUT2D eigenvalue weighted by Gasteiger charge is 2.18. The number of benzene rings is 2. The first-order valence-corrected chi connectivity index (χ1v) is 4.98. The van der Waals surface area contributed by atoms with Gasteiger partial charge in [0, 0.05) is 5.56 Å². The molecule has 0 aliphatic carbocycles. The quantitative estimate of drug-likeness (QED) is 0.888. The molecule has 0 heterocycles. The van der Waals surface area contributed by atoms with Gasteiger partial charge in [-0.05, 0) is 24.3 Å². The lowest BCUT2D eigenvalue weighted by Gasteiger charge is -2.08. The second-order valence-corrected chi connectivity index (χ2v) is 3.59. The Bertz CT molecular complexity index is 603. The third-order valence-corrected chi connectivity index (χ3v) is 2.44. The number of hydrogen-bond acceptors (Lipinski definition) is 1. The molecule has 0 radical (unpaired) electrons. The van der Waals surface area contributed by atoms with Crippen molar-refractivity contribution >= 4 is 5.97 Å². The maximum Gasteiger partial charge on any atom is 0.336 e. The summed E-state index contributed by atoms with van der Waals surface area (Å²) in [6, 6.07) is 5.90. The van der Waals surface area contributed by atoms with Gasteiger partial charge in [-0.3, -0.25) is 0 Å². The number of aromatic carboxylic acids is 1. The van der Waals surface area contributed by atoms with Crippen LogP contribution in [-0.4, -0.2) is 11.1 Å². The summed E-state index contributed by atoms with van der Waals surface area (Å²) in [6.45, 7) is 0. The molecule has 0 saturated carbocycles. The predicted octanol–water partition coefficient (Wildman–Crippen LogP) is 3.47. The topological polar surface area (TPSA) is 37.3 Å². The fraction of sp³-hybridized carbons (Fsp3) is 0. The van der Waals surface area contributed by atoms with Crippen molar-refractivity contribution in [2.45, 2.75) is 0 Å². The van der Waals surface area contributed by atoms with Crippen molar-refractivity contribution in [1.29, 1.82) is 0 Å². The van der Waals surface area contributed by atoms with Crippen LogP contribution in [0.1, 0.15) is 10.4 Å². The molecule has 2 nitrogen and oxygen atoms in total. The molecule has 0 saturated heterocycles. The molecule has 5 heteroatoms. The van der Waals surface area contributed by atoms with Crippen LogP contribution >= 0.6 is 0 Å². The average Bonchev–Trinajstić information content (AvgIpc) is 2.30. The molecule has 2 aromatic rings. The fourth-order valence-corrected chi connectivity index (χ4v) is 1.67. The Labute approximate surface area is 100 Å². The summed E-state index contributed by atoms with van der Waals surface area (Å²) in [4.78, 5) is 11.0. The van der Waals surface area contributed by atoms with Crippen molar-refractivity contribution in [2.24, 2.45) is 0 Å². The Morgan fingerprint density at radius 3 is 2.17 bits per heavy atom. The van der Waals surface area contributed by atoms with Crippen LogP contribution in [0.2, 0.25) is 0 Å². The molecule has 0 spiro atoms. The normalized spacial score (nSPS) is 10.4. The standard InChI is InChI=1S/C13H7F3O2/c14-7-4-5-8(9(6-7)13(17)18)12-10(15)2-1-3-11(12)16/h1-6H,(H,17,18). The zero-order chi connectivity index (χ0) is 13.3. The summed E-state index contributed by atoms with van der Waals surface area (Å²) in [6.07, 6.45) is 0. The van der Waals surface area contributed by atoms with Crippen LogP contribution in [0.25, 0.3) is 11.1 Å². The van der Waals surface area contributed by atoms with E-state index in [0.717, 1.165) is 36.4 Å². The lowest BCUT2D eigenvalue weighted by atomic mass is 9.98. The molecule has 0 fully saturated rings. The molecular formula is C13H7F3O2. The van der Waals surface area contributed by atoms with E-state index in [9.17, 15) is 18.0 Å². The van der Waals surface area contributed by atoms with Gasteiger partial charge >= 0.3 is 5.97 Å². The smallest absolute Gasteiger partial charge is 0.336 e. The third-order valence-electron chi connectivity index (χ3n) is 2.44. The number of hydrogen-bond donors (Lipinski definition) is 1. The average molecular weight is 252 g/mol. The van der Waals surface area contributed by atoms with Gasteiger partial charge in [0.15, 0.2) is 0 Å². The lowest BCUT2D eigenvalue weighted by molar-refractivity contribution is 0.0697. The Balaban J connectivity index is 2.75. The lowest BCUT2D eigenvalue weighted by Crippen LogP contribution is -2.02. The second kappa shape index (κ2) is 4.52. The summed E-state index contributed by atoms with van der Waals surface area (Å²) in [5, 5.41) is 8.92.